The summed E-state index contributed by atoms with van der Waals surface area (Å²) in [5.41, 5.74) is -0.0102. The van der Waals surface area contributed by atoms with Gasteiger partial charge in [-0.05, 0) is 17.7 Å². The second-order valence-electron chi connectivity index (χ2n) is 3.05. The van der Waals surface area contributed by atoms with E-state index in [1.54, 1.807) is 0 Å². The van der Waals surface area contributed by atoms with Crippen LogP contribution in [0.3, 0.4) is 0 Å². The van der Waals surface area contributed by atoms with Gasteiger partial charge in [0.1, 0.15) is 5.75 Å². The maximum atomic E-state index is 12.4. The van der Waals surface area contributed by atoms with E-state index in [9.17, 15) is 21.1 Å². The standard InChI is InChI=1S/C9H9F3O4S/c1-15-7-3-2-6(5-17(12,13)14)4-8(7)16-9(10)11/h2-4,9H,5H2,1H3. The first-order valence-corrected chi connectivity index (χ1v) is 5.91. The van der Waals surface area contributed by atoms with Crippen molar-refractivity contribution >= 4 is 10.2 Å². The number of hydrogen-bond acceptors (Lipinski definition) is 4. The predicted octanol–water partition coefficient (Wildman–Crippen LogP) is 2.10. The quantitative estimate of drug-likeness (QED) is 0.769. The van der Waals surface area contributed by atoms with Crippen LogP contribution in [-0.4, -0.2) is 22.1 Å². The van der Waals surface area contributed by atoms with Gasteiger partial charge in [-0.25, -0.2) is 0 Å². The van der Waals surface area contributed by atoms with E-state index in [0.29, 0.717) is 0 Å². The van der Waals surface area contributed by atoms with Gasteiger partial charge in [-0.15, -0.1) is 3.89 Å². The molecule has 0 heterocycles. The van der Waals surface area contributed by atoms with E-state index >= 15 is 0 Å². The topological polar surface area (TPSA) is 52.6 Å². The summed E-state index contributed by atoms with van der Waals surface area (Å²) >= 11 is 0. The summed E-state index contributed by atoms with van der Waals surface area (Å²) in [5, 5.41) is 0. The predicted molar refractivity (Wildman–Crippen MR) is 53.4 cm³/mol. The minimum absolute atomic E-state index is 0.00491. The zero-order valence-electron chi connectivity index (χ0n) is 8.69. The molecule has 0 N–H and O–H groups in total. The molecule has 8 heteroatoms. The fourth-order valence-corrected chi connectivity index (χ4v) is 1.78. The number of methoxy groups -OCH3 is 1. The molecule has 0 amide bonds. The van der Waals surface area contributed by atoms with Gasteiger partial charge in [0.25, 0.3) is 0 Å². The van der Waals surface area contributed by atoms with Crippen LogP contribution in [0.1, 0.15) is 5.56 Å². The lowest BCUT2D eigenvalue weighted by Gasteiger charge is -2.10. The maximum absolute atomic E-state index is 12.4. The second-order valence-corrected chi connectivity index (χ2v) is 4.41. The molecule has 0 aromatic heterocycles. The Labute approximate surface area is 96.2 Å². The highest BCUT2D eigenvalue weighted by Gasteiger charge is 2.14. The van der Waals surface area contributed by atoms with Gasteiger partial charge >= 0.3 is 16.8 Å². The summed E-state index contributed by atoms with van der Waals surface area (Å²) in [7, 11) is -3.49. The summed E-state index contributed by atoms with van der Waals surface area (Å²) in [4.78, 5) is 0. The van der Waals surface area contributed by atoms with Crippen molar-refractivity contribution in [3.05, 3.63) is 23.8 Å². The maximum Gasteiger partial charge on any atom is 0.387 e. The molecule has 0 aliphatic carbocycles. The van der Waals surface area contributed by atoms with Crippen LogP contribution in [0.25, 0.3) is 0 Å². The Kier molecular flexibility index (Phi) is 4.22. The van der Waals surface area contributed by atoms with Crippen LogP contribution in [-0.2, 0) is 16.0 Å². The average Bonchev–Trinajstić information content (AvgIpc) is 2.14. The Morgan fingerprint density at radius 2 is 1.94 bits per heavy atom. The monoisotopic (exact) mass is 270 g/mol. The van der Waals surface area contributed by atoms with E-state index in [0.717, 1.165) is 6.07 Å². The van der Waals surface area contributed by atoms with Gasteiger partial charge in [0, 0.05) is 0 Å². The van der Waals surface area contributed by atoms with E-state index in [4.69, 9.17) is 4.74 Å². The van der Waals surface area contributed by atoms with Gasteiger partial charge in [-0.2, -0.15) is 17.2 Å². The van der Waals surface area contributed by atoms with Crippen LogP contribution >= 0.6 is 0 Å². The fraction of sp³-hybridized carbons (Fsp3) is 0.333. The van der Waals surface area contributed by atoms with Crippen LogP contribution < -0.4 is 9.47 Å². The van der Waals surface area contributed by atoms with Crippen LogP contribution in [0.2, 0.25) is 0 Å². The van der Waals surface area contributed by atoms with Crippen LogP contribution in [0.15, 0.2) is 18.2 Å². The van der Waals surface area contributed by atoms with Gasteiger partial charge in [-0.1, -0.05) is 6.07 Å². The molecule has 0 unspecified atom stereocenters. The highest BCUT2D eigenvalue weighted by molar-refractivity contribution is 7.85. The average molecular weight is 270 g/mol. The molecule has 0 aliphatic heterocycles. The molecule has 0 saturated heterocycles. The summed E-state index contributed by atoms with van der Waals surface area (Å²) in [6.07, 6.45) is 0. The lowest BCUT2D eigenvalue weighted by atomic mass is 10.2. The molecule has 1 aromatic rings. The molecule has 0 radical (unpaired) electrons. The fourth-order valence-electron chi connectivity index (χ4n) is 1.20. The summed E-state index contributed by atoms with van der Waals surface area (Å²) in [5.74, 6) is -1.25. The molecule has 0 fully saturated rings. The molecule has 1 rings (SSSR count). The number of ether oxygens (including phenoxy) is 2. The Morgan fingerprint density at radius 1 is 1.29 bits per heavy atom. The van der Waals surface area contributed by atoms with Gasteiger partial charge in [0.15, 0.2) is 11.5 Å². The minimum Gasteiger partial charge on any atom is -0.493 e. The first kappa shape index (κ1) is 13.6. The smallest absolute Gasteiger partial charge is 0.387 e. The number of alkyl halides is 2. The molecule has 0 spiro atoms. The molecule has 0 aliphatic rings. The molecule has 96 valence electrons. The van der Waals surface area contributed by atoms with Crippen LogP contribution in [0.4, 0.5) is 12.7 Å². The first-order chi connectivity index (χ1) is 7.81. The Bertz CT molecular complexity index is 487. The third kappa shape index (κ3) is 4.51. The van der Waals surface area contributed by atoms with Gasteiger partial charge in [0.2, 0.25) is 0 Å². The first-order valence-electron chi connectivity index (χ1n) is 4.36. The van der Waals surface area contributed by atoms with Gasteiger partial charge in [0.05, 0.1) is 7.11 Å². The van der Waals surface area contributed by atoms with Gasteiger partial charge < -0.3 is 9.47 Å². The van der Waals surface area contributed by atoms with Crippen molar-refractivity contribution in [2.45, 2.75) is 12.4 Å². The largest absolute Gasteiger partial charge is 0.493 e. The van der Waals surface area contributed by atoms with Crippen molar-refractivity contribution in [3.8, 4) is 11.5 Å². The molecule has 0 bridgehead atoms. The highest BCUT2D eigenvalue weighted by Crippen LogP contribution is 2.30. The second kappa shape index (κ2) is 5.26. The van der Waals surface area contributed by atoms with Gasteiger partial charge in [-0.3, -0.25) is 0 Å². The highest BCUT2D eigenvalue weighted by atomic mass is 32.3. The lowest BCUT2D eigenvalue weighted by Crippen LogP contribution is -2.05. The molecule has 1 aromatic carbocycles. The van der Waals surface area contributed by atoms with Crippen molar-refractivity contribution in [1.29, 1.82) is 0 Å². The van der Waals surface area contributed by atoms with Crippen molar-refractivity contribution in [2.75, 3.05) is 7.11 Å². The summed E-state index contributed by atoms with van der Waals surface area (Å²) in [6, 6.07) is 3.45. The number of hydrogen-bond donors (Lipinski definition) is 0. The number of benzene rings is 1. The number of halogens is 3. The number of rotatable bonds is 5. The van der Waals surface area contributed by atoms with E-state index < -0.39 is 22.6 Å². The third-order valence-corrected chi connectivity index (χ3v) is 2.46. The SMILES string of the molecule is COc1ccc(CS(=O)(=O)F)cc1OC(F)F. The summed E-state index contributed by atoms with van der Waals surface area (Å²) in [6.45, 7) is -3.08. The molecular formula is C9H9F3O4S. The third-order valence-electron chi connectivity index (χ3n) is 1.78. The van der Waals surface area contributed by atoms with E-state index in [1.807, 2.05) is 0 Å². The van der Waals surface area contributed by atoms with Crippen molar-refractivity contribution < 1.29 is 30.6 Å². The van der Waals surface area contributed by atoms with Crippen molar-refractivity contribution in [3.63, 3.8) is 0 Å². The lowest BCUT2D eigenvalue weighted by molar-refractivity contribution is -0.0512. The van der Waals surface area contributed by atoms with Crippen molar-refractivity contribution in [2.24, 2.45) is 0 Å². The van der Waals surface area contributed by atoms with E-state index in [2.05, 4.69) is 4.74 Å². The summed E-state index contributed by atoms with van der Waals surface area (Å²) < 4.78 is 66.1. The molecule has 4 nitrogen and oxygen atoms in total. The molecule has 0 atom stereocenters. The van der Waals surface area contributed by atoms with E-state index in [-0.39, 0.29) is 17.1 Å². The van der Waals surface area contributed by atoms with Crippen LogP contribution in [0, 0.1) is 0 Å². The minimum atomic E-state index is -4.73. The molecule has 17 heavy (non-hydrogen) atoms. The van der Waals surface area contributed by atoms with Crippen molar-refractivity contribution in [1.82, 2.24) is 0 Å². The van der Waals surface area contributed by atoms with E-state index in [1.165, 1.54) is 19.2 Å². The normalized spacial score (nSPS) is 11.6. The molecule has 0 saturated carbocycles. The zero-order chi connectivity index (χ0) is 13.1. The molecular weight excluding hydrogens is 261 g/mol. The van der Waals surface area contributed by atoms with Crippen LogP contribution in [0.5, 0.6) is 11.5 Å². The Balaban J connectivity index is 3.04. The zero-order valence-corrected chi connectivity index (χ0v) is 9.51. The Hall–Kier alpha value is -1.44. The Morgan fingerprint density at radius 3 is 2.41 bits per heavy atom.